The fourth-order valence-corrected chi connectivity index (χ4v) is 2.28. The molecule has 0 atom stereocenters. The molecule has 82 valence electrons. The maximum Gasteiger partial charge on any atom is 0.251 e. The van der Waals surface area contributed by atoms with E-state index in [4.69, 9.17) is 12.2 Å². The summed E-state index contributed by atoms with van der Waals surface area (Å²) in [6.07, 6.45) is 1.57. The minimum Gasteiger partial charge on any atom is -0.299 e. The van der Waals surface area contributed by atoms with Crippen molar-refractivity contribution in [2.45, 2.75) is 0 Å². The van der Waals surface area contributed by atoms with Crippen molar-refractivity contribution < 1.29 is 4.39 Å². The molecule has 0 fully saturated rings. The van der Waals surface area contributed by atoms with Gasteiger partial charge in [-0.25, -0.2) is 4.39 Å². The molecule has 6 heteroatoms. The monoisotopic (exact) mass is 348 g/mol. The van der Waals surface area contributed by atoms with Crippen molar-refractivity contribution in [3.8, 4) is 5.69 Å². The fraction of sp³-hybridized carbons (Fsp3) is 0. The highest BCUT2D eigenvalue weighted by Crippen LogP contribution is 2.17. The standard InChI is InChI=1S/C10H6FIN2OS/c11-6-1-2-8(7(12)5-6)14-4-3-9(15)13-10(14)16/h1-5H,(H,13,15,16). The van der Waals surface area contributed by atoms with Gasteiger partial charge in [0.1, 0.15) is 5.82 Å². The molecule has 1 N–H and O–H groups in total. The molecule has 3 nitrogen and oxygen atoms in total. The number of hydrogen-bond donors (Lipinski definition) is 1. The van der Waals surface area contributed by atoms with E-state index >= 15 is 0 Å². The number of nitrogens with zero attached hydrogens (tertiary/aromatic N) is 1. The van der Waals surface area contributed by atoms with Crippen LogP contribution in [0.1, 0.15) is 0 Å². The number of rotatable bonds is 1. The molecule has 1 heterocycles. The van der Waals surface area contributed by atoms with Crippen molar-refractivity contribution in [3.05, 3.63) is 55.0 Å². The van der Waals surface area contributed by atoms with Crippen LogP contribution in [0.15, 0.2) is 35.3 Å². The van der Waals surface area contributed by atoms with Crippen molar-refractivity contribution >= 4 is 34.8 Å². The molecule has 1 aromatic carbocycles. The average Bonchev–Trinajstić information content (AvgIpc) is 2.19. The number of aromatic amines is 1. The summed E-state index contributed by atoms with van der Waals surface area (Å²) in [6, 6.07) is 5.74. The van der Waals surface area contributed by atoms with Crippen LogP contribution in [0.25, 0.3) is 5.69 Å². The molecule has 0 saturated carbocycles. The SMILES string of the molecule is O=c1ccn(-c2ccc(F)cc2I)c(=S)[nH]1. The molecule has 16 heavy (non-hydrogen) atoms. The Hall–Kier alpha value is -1.02. The molecule has 0 saturated heterocycles. The van der Waals surface area contributed by atoms with E-state index in [9.17, 15) is 9.18 Å². The fourth-order valence-electron chi connectivity index (χ4n) is 1.28. The van der Waals surface area contributed by atoms with Crippen molar-refractivity contribution in [1.29, 1.82) is 0 Å². The molecule has 0 aliphatic heterocycles. The Balaban J connectivity index is 2.68. The summed E-state index contributed by atoms with van der Waals surface area (Å²) in [4.78, 5) is 13.5. The molecule has 0 amide bonds. The van der Waals surface area contributed by atoms with Crippen LogP contribution in [0.5, 0.6) is 0 Å². The first-order chi connectivity index (χ1) is 7.58. The number of aromatic nitrogens is 2. The lowest BCUT2D eigenvalue weighted by molar-refractivity contribution is 0.626. The first-order valence-electron chi connectivity index (χ1n) is 4.35. The van der Waals surface area contributed by atoms with Crippen molar-refractivity contribution in [2.24, 2.45) is 0 Å². The summed E-state index contributed by atoms with van der Waals surface area (Å²) >= 11 is 7.04. The van der Waals surface area contributed by atoms with Crippen LogP contribution >= 0.6 is 34.8 Å². The van der Waals surface area contributed by atoms with Gasteiger partial charge in [-0.1, -0.05) is 0 Å². The van der Waals surface area contributed by atoms with Gasteiger partial charge in [0.25, 0.3) is 5.56 Å². The van der Waals surface area contributed by atoms with E-state index in [-0.39, 0.29) is 16.1 Å². The van der Waals surface area contributed by atoms with Gasteiger partial charge in [-0.3, -0.25) is 14.3 Å². The van der Waals surface area contributed by atoms with E-state index < -0.39 is 0 Å². The zero-order chi connectivity index (χ0) is 11.7. The Morgan fingerprint density at radius 2 is 2.12 bits per heavy atom. The maximum absolute atomic E-state index is 12.9. The van der Waals surface area contributed by atoms with E-state index in [0.717, 1.165) is 9.26 Å². The van der Waals surface area contributed by atoms with Gasteiger partial charge in [-0.15, -0.1) is 0 Å². The summed E-state index contributed by atoms with van der Waals surface area (Å²) in [7, 11) is 0. The highest BCUT2D eigenvalue weighted by atomic mass is 127. The summed E-state index contributed by atoms with van der Waals surface area (Å²) in [6.45, 7) is 0. The van der Waals surface area contributed by atoms with E-state index in [2.05, 4.69) is 4.98 Å². The predicted octanol–water partition coefficient (Wildman–Crippen LogP) is 2.64. The van der Waals surface area contributed by atoms with Crippen molar-refractivity contribution in [3.63, 3.8) is 0 Å². The van der Waals surface area contributed by atoms with Gasteiger partial charge in [-0.05, 0) is 53.0 Å². The molecule has 1 aromatic heterocycles. The normalized spacial score (nSPS) is 10.4. The van der Waals surface area contributed by atoms with Crippen LogP contribution in [-0.2, 0) is 0 Å². The van der Waals surface area contributed by atoms with E-state index in [1.807, 2.05) is 22.6 Å². The highest BCUT2D eigenvalue weighted by molar-refractivity contribution is 14.1. The van der Waals surface area contributed by atoms with Crippen LogP contribution in [0, 0.1) is 14.2 Å². The summed E-state index contributed by atoms with van der Waals surface area (Å²) in [5.41, 5.74) is 0.488. The zero-order valence-electron chi connectivity index (χ0n) is 7.91. The van der Waals surface area contributed by atoms with Gasteiger partial charge in [0.15, 0.2) is 4.77 Å². The minimum atomic E-state index is -0.302. The minimum absolute atomic E-state index is 0.252. The summed E-state index contributed by atoms with van der Waals surface area (Å²) in [5, 5.41) is 0. The van der Waals surface area contributed by atoms with Crippen molar-refractivity contribution in [1.82, 2.24) is 9.55 Å². The lowest BCUT2D eigenvalue weighted by Gasteiger charge is -2.08. The van der Waals surface area contributed by atoms with Gasteiger partial charge >= 0.3 is 0 Å². The maximum atomic E-state index is 12.9. The Morgan fingerprint density at radius 3 is 2.75 bits per heavy atom. The first-order valence-corrected chi connectivity index (χ1v) is 5.84. The van der Waals surface area contributed by atoms with Crippen LogP contribution in [-0.4, -0.2) is 9.55 Å². The largest absolute Gasteiger partial charge is 0.299 e. The lowest BCUT2D eigenvalue weighted by atomic mass is 10.3. The Bertz CT molecular complexity index is 650. The second kappa shape index (κ2) is 4.46. The lowest BCUT2D eigenvalue weighted by Crippen LogP contribution is -2.10. The second-order valence-electron chi connectivity index (χ2n) is 3.08. The van der Waals surface area contributed by atoms with Crippen molar-refractivity contribution in [2.75, 3.05) is 0 Å². The average molecular weight is 348 g/mol. The Morgan fingerprint density at radius 1 is 1.38 bits per heavy atom. The van der Waals surface area contributed by atoms with Crippen LogP contribution in [0.3, 0.4) is 0 Å². The number of H-pyrrole nitrogens is 1. The number of hydrogen-bond acceptors (Lipinski definition) is 2. The molecular formula is C10H6FIN2OS. The number of nitrogens with one attached hydrogen (secondary N) is 1. The van der Waals surface area contributed by atoms with Gasteiger partial charge in [0.2, 0.25) is 0 Å². The Kier molecular flexibility index (Phi) is 3.20. The quantitative estimate of drug-likeness (QED) is 0.636. The third-order valence-corrected chi connectivity index (χ3v) is 3.16. The molecule has 0 bridgehead atoms. The van der Waals surface area contributed by atoms with E-state index in [0.29, 0.717) is 0 Å². The summed E-state index contributed by atoms with van der Waals surface area (Å²) in [5.74, 6) is -0.302. The molecule has 0 radical (unpaired) electrons. The summed E-state index contributed by atoms with van der Waals surface area (Å²) < 4.78 is 15.6. The number of halogens is 2. The smallest absolute Gasteiger partial charge is 0.251 e. The number of benzene rings is 1. The predicted molar refractivity (Wildman–Crippen MR) is 69.9 cm³/mol. The molecular weight excluding hydrogens is 342 g/mol. The Labute approximate surface area is 109 Å². The van der Waals surface area contributed by atoms with E-state index in [1.54, 1.807) is 16.8 Å². The third kappa shape index (κ3) is 2.22. The van der Waals surface area contributed by atoms with E-state index in [1.165, 1.54) is 18.2 Å². The van der Waals surface area contributed by atoms with Gasteiger partial charge in [0.05, 0.1) is 5.69 Å². The first kappa shape index (κ1) is 11.5. The molecule has 2 aromatic rings. The molecule has 0 spiro atoms. The molecule has 0 aliphatic rings. The zero-order valence-corrected chi connectivity index (χ0v) is 10.9. The second-order valence-corrected chi connectivity index (χ2v) is 4.62. The van der Waals surface area contributed by atoms with Gasteiger partial charge < -0.3 is 0 Å². The molecule has 0 unspecified atom stereocenters. The van der Waals surface area contributed by atoms with Gasteiger partial charge in [-0.2, -0.15) is 0 Å². The van der Waals surface area contributed by atoms with Crippen LogP contribution in [0.4, 0.5) is 4.39 Å². The van der Waals surface area contributed by atoms with Crippen LogP contribution in [0.2, 0.25) is 0 Å². The molecule has 2 rings (SSSR count). The third-order valence-electron chi connectivity index (χ3n) is 1.99. The molecule has 0 aliphatic carbocycles. The highest BCUT2D eigenvalue weighted by Gasteiger charge is 2.03. The van der Waals surface area contributed by atoms with Gasteiger partial charge in [0, 0.05) is 15.8 Å². The topological polar surface area (TPSA) is 37.8 Å². The van der Waals surface area contributed by atoms with Crippen LogP contribution < -0.4 is 5.56 Å².